The molecule has 1 rings (SSSR count). The zero-order chi connectivity index (χ0) is 22.3. The van der Waals surface area contributed by atoms with E-state index in [1.807, 2.05) is 0 Å². The van der Waals surface area contributed by atoms with Crippen LogP contribution < -0.4 is 22.1 Å². The number of aliphatic hydroxyl groups is 1. The lowest BCUT2D eigenvalue weighted by molar-refractivity contribution is -0.149. The fourth-order valence-electron chi connectivity index (χ4n) is 2.91. The van der Waals surface area contributed by atoms with Crippen molar-refractivity contribution in [1.82, 2.24) is 15.5 Å². The Kier molecular flexibility index (Phi) is 9.33. The summed E-state index contributed by atoms with van der Waals surface area (Å²) in [6.07, 6.45) is -0.990. The number of nitrogens with one attached hydrogen (secondary N) is 2. The number of nitrogens with two attached hydrogens (primary N) is 2. The van der Waals surface area contributed by atoms with Crippen LogP contribution in [0.2, 0.25) is 0 Å². The lowest BCUT2D eigenvalue weighted by Crippen LogP contribution is -2.60. The molecule has 0 aromatic heterocycles. The highest BCUT2D eigenvalue weighted by Crippen LogP contribution is 2.18. The maximum atomic E-state index is 12.6. The predicted molar refractivity (Wildman–Crippen MR) is 104 cm³/mol. The van der Waals surface area contributed by atoms with Crippen molar-refractivity contribution in [2.75, 3.05) is 12.3 Å². The van der Waals surface area contributed by atoms with E-state index in [-0.39, 0.29) is 12.3 Å². The molecular formula is C16H27N5O7S. The zero-order valence-corrected chi connectivity index (χ0v) is 16.8. The first-order valence-corrected chi connectivity index (χ1v) is 9.59. The second-order valence-corrected chi connectivity index (χ2v) is 7.14. The molecule has 8 N–H and O–H groups in total. The number of aliphatic hydroxyl groups excluding tert-OH is 1. The van der Waals surface area contributed by atoms with Gasteiger partial charge in [-0.2, -0.15) is 12.6 Å². The minimum absolute atomic E-state index is 0.130. The molecule has 12 nitrogen and oxygen atoms in total. The number of rotatable bonds is 10. The van der Waals surface area contributed by atoms with Crippen molar-refractivity contribution in [3.63, 3.8) is 0 Å². The SMILES string of the molecule is CC(O)C(NC(=O)C(N)CC(N)=O)C(=O)NC(CS)C(=O)N1CCCC1C(=O)O. The highest BCUT2D eigenvalue weighted by molar-refractivity contribution is 7.80. The number of likely N-dealkylation sites (tertiary alicyclic amines) is 1. The van der Waals surface area contributed by atoms with Crippen LogP contribution in [0, 0.1) is 0 Å². The van der Waals surface area contributed by atoms with Gasteiger partial charge in [-0.25, -0.2) is 4.79 Å². The van der Waals surface area contributed by atoms with Crippen LogP contribution in [0.3, 0.4) is 0 Å². The third-order valence-corrected chi connectivity index (χ3v) is 4.80. The number of carbonyl (C=O) groups excluding carboxylic acids is 4. The fourth-order valence-corrected chi connectivity index (χ4v) is 3.16. The van der Waals surface area contributed by atoms with Gasteiger partial charge in [-0.15, -0.1) is 0 Å². The molecule has 1 saturated heterocycles. The molecule has 0 bridgehead atoms. The molecule has 1 aliphatic rings. The first-order chi connectivity index (χ1) is 13.5. The topological polar surface area (TPSA) is 205 Å². The number of amides is 4. The maximum absolute atomic E-state index is 12.6. The first-order valence-electron chi connectivity index (χ1n) is 8.96. The average Bonchev–Trinajstić information content (AvgIpc) is 3.12. The molecule has 0 saturated carbocycles. The Labute approximate surface area is 172 Å². The van der Waals surface area contributed by atoms with Gasteiger partial charge in [0.2, 0.25) is 23.6 Å². The number of aliphatic carboxylic acids is 1. The van der Waals surface area contributed by atoms with Crippen LogP contribution in [0.5, 0.6) is 0 Å². The van der Waals surface area contributed by atoms with Gasteiger partial charge in [0, 0.05) is 12.3 Å². The van der Waals surface area contributed by atoms with Crippen molar-refractivity contribution in [3.05, 3.63) is 0 Å². The van der Waals surface area contributed by atoms with Gasteiger partial charge in [-0.1, -0.05) is 0 Å². The quantitative estimate of drug-likeness (QED) is 0.172. The molecule has 5 atom stereocenters. The molecule has 0 spiro atoms. The second-order valence-electron chi connectivity index (χ2n) is 6.78. The fraction of sp³-hybridized carbons (Fsp3) is 0.688. The van der Waals surface area contributed by atoms with Gasteiger partial charge in [-0.05, 0) is 19.8 Å². The number of hydrogen-bond donors (Lipinski definition) is 7. The summed E-state index contributed by atoms with van der Waals surface area (Å²) in [6.45, 7) is 1.47. The van der Waals surface area contributed by atoms with Gasteiger partial charge in [0.1, 0.15) is 18.1 Å². The molecule has 0 radical (unpaired) electrons. The molecule has 13 heteroatoms. The van der Waals surface area contributed by atoms with Gasteiger partial charge < -0.3 is 37.2 Å². The van der Waals surface area contributed by atoms with Crippen LogP contribution in [-0.4, -0.2) is 87.3 Å². The van der Waals surface area contributed by atoms with Gasteiger partial charge >= 0.3 is 5.97 Å². The van der Waals surface area contributed by atoms with E-state index in [0.717, 1.165) is 4.90 Å². The Morgan fingerprint density at radius 1 is 1.21 bits per heavy atom. The number of carboxylic acid groups (broad SMARTS) is 1. The maximum Gasteiger partial charge on any atom is 0.326 e. The Balaban J connectivity index is 2.83. The molecule has 1 aliphatic heterocycles. The summed E-state index contributed by atoms with van der Waals surface area (Å²) in [6, 6.07) is -4.93. The molecule has 1 fully saturated rings. The number of thiol groups is 1. The zero-order valence-electron chi connectivity index (χ0n) is 15.9. The van der Waals surface area contributed by atoms with Crippen molar-refractivity contribution < 1.29 is 34.2 Å². The number of hydrogen-bond acceptors (Lipinski definition) is 8. The first kappa shape index (κ1) is 24.7. The standard InChI is InChI=1S/C16H27N5O7S/c1-7(22)12(20-13(24)8(17)5-11(18)23)14(25)19-9(6-29)15(26)21-4-2-3-10(21)16(27)28/h7-10,12,22,29H,2-6,17H2,1H3,(H2,18,23)(H,19,25)(H,20,24)(H,27,28). The van der Waals surface area contributed by atoms with Crippen LogP contribution in [0.15, 0.2) is 0 Å². The van der Waals surface area contributed by atoms with Gasteiger partial charge in [0.25, 0.3) is 0 Å². The summed E-state index contributed by atoms with van der Waals surface area (Å²) >= 11 is 4.03. The van der Waals surface area contributed by atoms with Gasteiger partial charge in [-0.3, -0.25) is 19.2 Å². The molecule has 164 valence electrons. The van der Waals surface area contributed by atoms with E-state index in [1.54, 1.807) is 0 Å². The summed E-state index contributed by atoms with van der Waals surface area (Å²) < 4.78 is 0. The minimum Gasteiger partial charge on any atom is -0.480 e. The molecule has 29 heavy (non-hydrogen) atoms. The van der Waals surface area contributed by atoms with Crippen molar-refractivity contribution >= 4 is 42.2 Å². The molecule has 0 aromatic rings. The Bertz CT molecular complexity index is 660. The smallest absolute Gasteiger partial charge is 0.326 e. The Hall–Kier alpha value is -2.38. The summed E-state index contributed by atoms with van der Waals surface area (Å²) in [5.74, 6) is -4.49. The molecule has 1 heterocycles. The van der Waals surface area contributed by atoms with E-state index in [4.69, 9.17) is 11.5 Å². The van der Waals surface area contributed by atoms with Crippen molar-refractivity contribution in [3.8, 4) is 0 Å². The monoisotopic (exact) mass is 433 g/mol. The van der Waals surface area contributed by atoms with Crippen LogP contribution in [0.1, 0.15) is 26.2 Å². The van der Waals surface area contributed by atoms with Crippen LogP contribution in [0.25, 0.3) is 0 Å². The number of primary amides is 1. The highest BCUT2D eigenvalue weighted by Gasteiger charge is 2.38. The predicted octanol–water partition coefficient (Wildman–Crippen LogP) is -3.46. The lowest BCUT2D eigenvalue weighted by Gasteiger charge is -2.28. The molecular weight excluding hydrogens is 406 g/mol. The van der Waals surface area contributed by atoms with E-state index in [9.17, 15) is 34.2 Å². The molecule has 0 aliphatic carbocycles. The Morgan fingerprint density at radius 3 is 2.31 bits per heavy atom. The van der Waals surface area contributed by atoms with Crippen LogP contribution in [0.4, 0.5) is 0 Å². The van der Waals surface area contributed by atoms with Crippen LogP contribution >= 0.6 is 12.6 Å². The van der Waals surface area contributed by atoms with Gasteiger partial charge in [0.05, 0.1) is 18.6 Å². The number of carbonyl (C=O) groups is 5. The van der Waals surface area contributed by atoms with E-state index < -0.39 is 66.3 Å². The Morgan fingerprint density at radius 2 is 1.83 bits per heavy atom. The summed E-state index contributed by atoms with van der Waals surface area (Å²) in [7, 11) is 0. The summed E-state index contributed by atoms with van der Waals surface area (Å²) in [4.78, 5) is 60.5. The highest BCUT2D eigenvalue weighted by atomic mass is 32.1. The molecule has 5 unspecified atom stereocenters. The average molecular weight is 433 g/mol. The van der Waals surface area contributed by atoms with Crippen molar-refractivity contribution in [2.45, 2.75) is 56.5 Å². The van der Waals surface area contributed by atoms with Crippen LogP contribution in [-0.2, 0) is 24.0 Å². The lowest BCUT2D eigenvalue weighted by atomic mass is 10.1. The van der Waals surface area contributed by atoms with Gasteiger partial charge in [0.15, 0.2) is 0 Å². The third-order valence-electron chi connectivity index (χ3n) is 4.44. The second kappa shape index (κ2) is 11.0. The van der Waals surface area contributed by atoms with E-state index in [2.05, 4.69) is 23.3 Å². The number of carboxylic acids is 1. The van der Waals surface area contributed by atoms with Crippen molar-refractivity contribution in [1.29, 1.82) is 0 Å². The normalized spacial score (nSPS) is 20.3. The summed E-state index contributed by atoms with van der Waals surface area (Å²) in [5, 5.41) is 23.6. The molecule has 4 amide bonds. The third kappa shape index (κ3) is 6.87. The largest absolute Gasteiger partial charge is 0.480 e. The summed E-state index contributed by atoms with van der Waals surface area (Å²) in [5.41, 5.74) is 10.5. The molecule has 0 aromatic carbocycles. The minimum atomic E-state index is -1.47. The van der Waals surface area contributed by atoms with E-state index in [0.29, 0.717) is 12.8 Å². The van der Waals surface area contributed by atoms with E-state index >= 15 is 0 Å². The van der Waals surface area contributed by atoms with E-state index in [1.165, 1.54) is 6.92 Å². The number of nitrogens with zero attached hydrogens (tertiary/aromatic N) is 1. The van der Waals surface area contributed by atoms with Crippen molar-refractivity contribution in [2.24, 2.45) is 11.5 Å².